The molecule has 1 saturated carbocycles. The largest absolute Gasteiger partial charge is 0.463 e. The summed E-state index contributed by atoms with van der Waals surface area (Å²) in [6, 6.07) is 1.51. The third kappa shape index (κ3) is 4.23. The van der Waals surface area contributed by atoms with Crippen LogP contribution in [0.5, 0.6) is 0 Å². The third-order valence-corrected chi connectivity index (χ3v) is 5.43. The zero-order chi connectivity index (χ0) is 21.3. The number of nitrogens with zero attached hydrogens (tertiary/aromatic N) is 3. The smallest absolute Gasteiger partial charge is 0.311 e. The lowest BCUT2D eigenvalue weighted by Gasteiger charge is -2.31. The molecule has 0 radical (unpaired) electrons. The number of halogens is 2. The molecule has 2 N–H and O–H groups in total. The van der Waals surface area contributed by atoms with Crippen LogP contribution in [0.2, 0.25) is 5.02 Å². The van der Waals surface area contributed by atoms with Crippen LogP contribution >= 0.6 is 11.6 Å². The van der Waals surface area contributed by atoms with Gasteiger partial charge in [0.25, 0.3) is 0 Å². The van der Waals surface area contributed by atoms with Gasteiger partial charge in [-0.05, 0) is 32.8 Å². The Balaban J connectivity index is 1.63. The maximum Gasteiger partial charge on any atom is 0.311 e. The van der Waals surface area contributed by atoms with Crippen molar-refractivity contribution in [1.29, 1.82) is 0 Å². The Morgan fingerprint density at radius 2 is 2.10 bits per heavy atom. The lowest BCUT2D eigenvalue weighted by atomic mass is 9.84. The number of ether oxygens (including phenoxy) is 1. The number of nitrogens with one attached hydrogen (secondary N) is 2. The van der Waals surface area contributed by atoms with Gasteiger partial charge >= 0.3 is 5.97 Å². The molecule has 0 aliphatic heterocycles. The van der Waals surface area contributed by atoms with Crippen LogP contribution in [0.4, 0.5) is 10.2 Å². The van der Waals surface area contributed by atoms with Gasteiger partial charge in [-0.25, -0.2) is 19.3 Å². The summed E-state index contributed by atoms with van der Waals surface area (Å²) in [6.07, 6.45) is 7.54. The Kier molecular flexibility index (Phi) is 5.85. The van der Waals surface area contributed by atoms with E-state index in [0.717, 1.165) is 30.8 Å². The summed E-state index contributed by atoms with van der Waals surface area (Å²) in [4.78, 5) is 28.3. The van der Waals surface area contributed by atoms with Crippen LogP contribution in [0.1, 0.15) is 39.5 Å². The van der Waals surface area contributed by atoms with Crippen molar-refractivity contribution in [3.05, 3.63) is 35.5 Å². The van der Waals surface area contributed by atoms with Crippen molar-refractivity contribution in [1.82, 2.24) is 19.9 Å². The summed E-state index contributed by atoms with van der Waals surface area (Å²) in [5, 5.41) is 4.37. The molecule has 3 heterocycles. The van der Waals surface area contributed by atoms with Crippen molar-refractivity contribution < 1.29 is 13.9 Å². The number of carbonyl (C=O) groups excluding carboxylic acids is 1. The molecule has 158 valence electrons. The minimum atomic E-state index is -0.573. The summed E-state index contributed by atoms with van der Waals surface area (Å²) < 4.78 is 19.9. The molecule has 2 atom stereocenters. The molecule has 7 nitrogen and oxygen atoms in total. The number of fused-ring (bicyclic) bond motifs is 1. The van der Waals surface area contributed by atoms with Gasteiger partial charge in [-0.1, -0.05) is 24.4 Å². The minimum absolute atomic E-state index is 0.0681. The standard InChI is InChI=1S/C21H23ClFN5O2/c1-11(2)30-21(29)13-5-3-4-6-17(13)27-20-16(23)10-26-19(28-20)15-9-25-18-14(15)7-12(22)8-24-18/h7-11,13,17H,3-6H2,1-2H3,(H,24,25)(H,26,27,28). The molecule has 0 bridgehead atoms. The Hall–Kier alpha value is -2.74. The highest BCUT2D eigenvalue weighted by molar-refractivity contribution is 6.31. The number of pyridine rings is 1. The second-order valence-electron chi connectivity index (χ2n) is 7.77. The lowest BCUT2D eigenvalue weighted by molar-refractivity contribution is -0.153. The molecule has 0 amide bonds. The van der Waals surface area contributed by atoms with Crippen LogP contribution in [0, 0.1) is 11.7 Å². The topological polar surface area (TPSA) is 92.8 Å². The maximum atomic E-state index is 14.5. The second kappa shape index (κ2) is 8.55. The number of aromatic nitrogens is 4. The van der Waals surface area contributed by atoms with Crippen molar-refractivity contribution in [2.45, 2.75) is 51.7 Å². The molecule has 3 aromatic rings. The number of carbonyl (C=O) groups is 1. The second-order valence-corrected chi connectivity index (χ2v) is 8.21. The monoisotopic (exact) mass is 431 g/mol. The summed E-state index contributed by atoms with van der Waals surface area (Å²) >= 11 is 6.07. The van der Waals surface area contributed by atoms with Crippen LogP contribution in [-0.4, -0.2) is 38.1 Å². The molecule has 3 aromatic heterocycles. The van der Waals surface area contributed by atoms with E-state index < -0.39 is 5.82 Å². The molecule has 1 aliphatic rings. The first-order valence-electron chi connectivity index (χ1n) is 10.0. The highest BCUT2D eigenvalue weighted by atomic mass is 35.5. The first-order chi connectivity index (χ1) is 14.4. The third-order valence-electron chi connectivity index (χ3n) is 5.23. The molecule has 4 rings (SSSR count). The summed E-state index contributed by atoms with van der Waals surface area (Å²) in [7, 11) is 0. The number of hydrogen-bond acceptors (Lipinski definition) is 6. The van der Waals surface area contributed by atoms with Gasteiger partial charge in [0.05, 0.1) is 23.2 Å². The van der Waals surface area contributed by atoms with E-state index >= 15 is 0 Å². The van der Waals surface area contributed by atoms with Gasteiger partial charge in [0.1, 0.15) is 5.65 Å². The zero-order valence-corrected chi connectivity index (χ0v) is 17.5. The molecule has 0 aromatic carbocycles. The summed E-state index contributed by atoms with van der Waals surface area (Å²) in [6.45, 7) is 3.64. The van der Waals surface area contributed by atoms with E-state index in [2.05, 4.69) is 25.3 Å². The number of rotatable bonds is 5. The number of aromatic amines is 1. The van der Waals surface area contributed by atoms with Crippen molar-refractivity contribution >= 4 is 34.4 Å². The number of H-pyrrole nitrogens is 1. The van der Waals surface area contributed by atoms with Crippen LogP contribution in [0.25, 0.3) is 22.4 Å². The van der Waals surface area contributed by atoms with Gasteiger partial charge in [-0.3, -0.25) is 4.79 Å². The minimum Gasteiger partial charge on any atom is -0.463 e. The van der Waals surface area contributed by atoms with Gasteiger partial charge in [-0.2, -0.15) is 0 Å². The van der Waals surface area contributed by atoms with E-state index in [1.807, 2.05) is 13.8 Å². The average molecular weight is 432 g/mol. The molecule has 30 heavy (non-hydrogen) atoms. The van der Waals surface area contributed by atoms with Gasteiger partial charge in [-0.15, -0.1) is 0 Å². The highest BCUT2D eigenvalue weighted by Gasteiger charge is 2.33. The van der Waals surface area contributed by atoms with Gasteiger partial charge < -0.3 is 15.0 Å². The Bertz CT molecular complexity index is 1070. The molecule has 1 aliphatic carbocycles. The van der Waals surface area contributed by atoms with Crippen LogP contribution in [-0.2, 0) is 9.53 Å². The molecule has 1 fully saturated rings. The fraction of sp³-hybridized carbons (Fsp3) is 0.429. The van der Waals surface area contributed by atoms with E-state index in [4.69, 9.17) is 16.3 Å². The first-order valence-corrected chi connectivity index (χ1v) is 10.4. The van der Waals surface area contributed by atoms with E-state index in [9.17, 15) is 9.18 Å². The van der Waals surface area contributed by atoms with Gasteiger partial charge in [0.2, 0.25) is 0 Å². The van der Waals surface area contributed by atoms with Crippen LogP contribution in [0.15, 0.2) is 24.7 Å². The molecule has 9 heteroatoms. The first kappa shape index (κ1) is 20.5. The van der Waals surface area contributed by atoms with Crippen molar-refractivity contribution in [2.24, 2.45) is 5.92 Å². The predicted molar refractivity (Wildman–Crippen MR) is 113 cm³/mol. The predicted octanol–water partition coefficient (Wildman–Crippen LogP) is 4.73. The molecular formula is C21H23ClFN5O2. The summed E-state index contributed by atoms with van der Waals surface area (Å²) in [5.74, 6) is -0.759. The van der Waals surface area contributed by atoms with Crippen molar-refractivity contribution in [2.75, 3.05) is 5.32 Å². The zero-order valence-electron chi connectivity index (χ0n) is 16.8. The van der Waals surface area contributed by atoms with Crippen molar-refractivity contribution in [3.63, 3.8) is 0 Å². The Morgan fingerprint density at radius 3 is 2.90 bits per heavy atom. The normalized spacial score (nSPS) is 19.2. The number of hydrogen-bond donors (Lipinski definition) is 2. The van der Waals surface area contributed by atoms with Gasteiger partial charge in [0.15, 0.2) is 17.5 Å². The van der Waals surface area contributed by atoms with Gasteiger partial charge in [0, 0.05) is 29.4 Å². The van der Waals surface area contributed by atoms with E-state index in [0.29, 0.717) is 28.5 Å². The van der Waals surface area contributed by atoms with E-state index in [-0.39, 0.29) is 29.9 Å². The lowest BCUT2D eigenvalue weighted by Crippen LogP contribution is -2.39. The molecular weight excluding hydrogens is 409 g/mol. The maximum absolute atomic E-state index is 14.5. The number of esters is 1. The van der Waals surface area contributed by atoms with Crippen LogP contribution in [0.3, 0.4) is 0 Å². The van der Waals surface area contributed by atoms with E-state index in [1.165, 1.54) is 0 Å². The fourth-order valence-electron chi connectivity index (χ4n) is 3.84. The van der Waals surface area contributed by atoms with Crippen molar-refractivity contribution in [3.8, 4) is 11.4 Å². The van der Waals surface area contributed by atoms with Crippen LogP contribution < -0.4 is 5.32 Å². The average Bonchev–Trinajstić information content (AvgIpc) is 3.12. The molecule has 0 spiro atoms. The highest BCUT2D eigenvalue weighted by Crippen LogP contribution is 2.31. The SMILES string of the molecule is CC(C)OC(=O)C1CCCCC1Nc1nc(-c2c[nH]c3ncc(Cl)cc23)ncc1F. The number of anilines is 1. The Morgan fingerprint density at radius 1 is 1.30 bits per heavy atom. The van der Waals surface area contributed by atoms with E-state index in [1.54, 1.807) is 18.5 Å². The fourth-order valence-corrected chi connectivity index (χ4v) is 4.00. The molecule has 2 unspecified atom stereocenters. The molecule has 0 saturated heterocycles. The Labute approximate surface area is 178 Å². The summed E-state index contributed by atoms with van der Waals surface area (Å²) in [5.41, 5.74) is 1.31. The quantitative estimate of drug-likeness (QED) is 0.567.